The molecule has 3 N–H and O–H groups in total. The van der Waals surface area contributed by atoms with Crippen molar-refractivity contribution in [2.24, 2.45) is 5.41 Å². The standard InChI is InChI=1S/C18H26N4O2.2ClH/c1-18(6-8-19-9-7-18)12-20-17(24)13-3-4-15-14(11-13)21-16(23)5-10-22(15)2;;/h3-4,11,19H,5-10,12H2,1-2H3,(H,20,24)(H,21,23);2*1H. The van der Waals surface area contributed by atoms with E-state index in [1.165, 1.54) is 0 Å². The Morgan fingerprint density at radius 3 is 2.65 bits per heavy atom. The Bertz CT molecular complexity index is 648. The molecule has 1 fully saturated rings. The summed E-state index contributed by atoms with van der Waals surface area (Å²) in [6, 6.07) is 5.50. The number of hydrogen-bond acceptors (Lipinski definition) is 4. The average Bonchev–Trinajstić information content (AvgIpc) is 2.71. The van der Waals surface area contributed by atoms with Crippen LogP contribution in [0.3, 0.4) is 0 Å². The van der Waals surface area contributed by atoms with Crippen molar-refractivity contribution in [1.29, 1.82) is 0 Å². The minimum Gasteiger partial charge on any atom is -0.372 e. The van der Waals surface area contributed by atoms with E-state index in [9.17, 15) is 9.59 Å². The van der Waals surface area contributed by atoms with Crippen LogP contribution < -0.4 is 20.9 Å². The number of carbonyl (C=O) groups excluding carboxylic acids is 2. The smallest absolute Gasteiger partial charge is 0.251 e. The maximum atomic E-state index is 12.5. The first-order valence-electron chi connectivity index (χ1n) is 8.61. The van der Waals surface area contributed by atoms with Crippen molar-refractivity contribution < 1.29 is 9.59 Å². The summed E-state index contributed by atoms with van der Waals surface area (Å²) in [4.78, 5) is 26.3. The Kier molecular flexibility index (Phi) is 8.18. The Labute approximate surface area is 167 Å². The zero-order valence-electron chi connectivity index (χ0n) is 15.3. The number of hydrogen-bond donors (Lipinski definition) is 3. The van der Waals surface area contributed by atoms with E-state index in [0.717, 1.165) is 31.6 Å². The summed E-state index contributed by atoms with van der Waals surface area (Å²) in [5.41, 5.74) is 2.39. The molecule has 0 spiro atoms. The summed E-state index contributed by atoms with van der Waals surface area (Å²) < 4.78 is 0. The number of benzene rings is 1. The molecule has 2 heterocycles. The second kappa shape index (κ2) is 9.44. The number of anilines is 2. The number of halogens is 2. The van der Waals surface area contributed by atoms with Gasteiger partial charge in [-0.1, -0.05) is 6.92 Å². The Balaban J connectivity index is 0.00000169. The van der Waals surface area contributed by atoms with Gasteiger partial charge in [0, 0.05) is 32.1 Å². The van der Waals surface area contributed by atoms with Crippen molar-refractivity contribution in [1.82, 2.24) is 10.6 Å². The number of amides is 2. The van der Waals surface area contributed by atoms with Gasteiger partial charge in [0.15, 0.2) is 0 Å². The summed E-state index contributed by atoms with van der Waals surface area (Å²) in [7, 11) is 1.96. The normalized spacial score (nSPS) is 18.4. The van der Waals surface area contributed by atoms with Gasteiger partial charge in [0.25, 0.3) is 5.91 Å². The Morgan fingerprint density at radius 1 is 1.27 bits per heavy atom. The van der Waals surface area contributed by atoms with Gasteiger partial charge in [-0.15, -0.1) is 24.8 Å². The van der Waals surface area contributed by atoms with Gasteiger partial charge in [0.05, 0.1) is 11.4 Å². The van der Waals surface area contributed by atoms with Crippen LogP contribution in [0.2, 0.25) is 0 Å². The molecule has 8 heteroatoms. The molecule has 0 bridgehead atoms. The number of nitrogens with one attached hydrogen (secondary N) is 3. The van der Waals surface area contributed by atoms with Crippen LogP contribution in [0.1, 0.15) is 36.5 Å². The fourth-order valence-corrected chi connectivity index (χ4v) is 3.32. The van der Waals surface area contributed by atoms with Gasteiger partial charge in [-0.3, -0.25) is 9.59 Å². The van der Waals surface area contributed by atoms with Crippen LogP contribution in [0.4, 0.5) is 11.4 Å². The van der Waals surface area contributed by atoms with Crippen LogP contribution in [-0.2, 0) is 4.79 Å². The minimum atomic E-state index is -0.0845. The number of fused-ring (bicyclic) bond motifs is 1. The van der Waals surface area contributed by atoms with E-state index < -0.39 is 0 Å². The highest BCUT2D eigenvalue weighted by atomic mass is 35.5. The third kappa shape index (κ3) is 5.25. The van der Waals surface area contributed by atoms with Crippen LogP contribution in [0.5, 0.6) is 0 Å². The van der Waals surface area contributed by atoms with Crippen LogP contribution in [0.25, 0.3) is 0 Å². The van der Waals surface area contributed by atoms with Crippen LogP contribution in [-0.4, -0.2) is 45.0 Å². The average molecular weight is 403 g/mol. The third-order valence-electron chi connectivity index (χ3n) is 5.10. The van der Waals surface area contributed by atoms with Gasteiger partial charge >= 0.3 is 0 Å². The highest BCUT2D eigenvalue weighted by Crippen LogP contribution is 2.29. The fourth-order valence-electron chi connectivity index (χ4n) is 3.32. The highest BCUT2D eigenvalue weighted by Gasteiger charge is 2.27. The minimum absolute atomic E-state index is 0. The predicted octanol–water partition coefficient (Wildman–Crippen LogP) is 2.43. The molecule has 146 valence electrons. The summed E-state index contributed by atoms with van der Waals surface area (Å²) in [5, 5.41) is 9.30. The van der Waals surface area contributed by atoms with Crippen LogP contribution in [0, 0.1) is 5.41 Å². The number of rotatable bonds is 3. The maximum Gasteiger partial charge on any atom is 0.251 e. The Morgan fingerprint density at radius 2 is 1.96 bits per heavy atom. The maximum absolute atomic E-state index is 12.5. The molecule has 1 aromatic rings. The van der Waals surface area contributed by atoms with Crippen molar-refractivity contribution in [2.45, 2.75) is 26.2 Å². The van der Waals surface area contributed by atoms with Crippen molar-refractivity contribution in [3.8, 4) is 0 Å². The summed E-state index contributed by atoms with van der Waals surface area (Å²) in [6.45, 7) is 5.58. The van der Waals surface area contributed by atoms with Crippen LogP contribution >= 0.6 is 24.8 Å². The molecule has 0 aromatic heterocycles. The SMILES string of the molecule is CN1CCC(=O)Nc2cc(C(=O)NCC3(C)CCNCC3)ccc21.Cl.Cl. The zero-order valence-corrected chi connectivity index (χ0v) is 16.9. The molecular weight excluding hydrogens is 375 g/mol. The van der Waals surface area contributed by atoms with Gasteiger partial charge in [-0.25, -0.2) is 0 Å². The predicted molar refractivity (Wildman–Crippen MR) is 110 cm³/mol. The summed E-state index contributed by atoms with van der Waals surface area (Å²) in [6.07, 6.45) is 2.59. The molecule has 0 unspecified atom stereocenters. The van der Waals surface area contributed by atoms with Gasteiger partial charge in [0.2, 0.25) is 5.91 Å². The molecule has 26 heavy (non-hydrogen) atoms. The summed E-state index contributed by atoms with van der Waals surface area (Å²) in [5.74, 6) is -0.0981. The molecule has 1 aromatic carbocycles. The Hall–Kier alpha value is -1.50. The topological polar surface area (TPSA) is 73.5 Å². The van der Waals surface area contributed by atoms with E-state index in [1.54, 1.807) is 6.07 Å². The first-order valence-corrected chi connectivity index (χ1v) is 8.61. The van der Waals surface area contributed by atoms with E-state index in [4.69, 9.17) is 0 Å². The van der Waals surface area contributed by atoms with E-state index in [0.29, 0.717) is 30.8 Å². The lowest BCUT2D eigenvalue weighted by molar-refractivity contribution is -0.115. The second-order valence-electron chi connectivity index (χ2n) is 7.19. The first kappa shape index (κ1) is 22.5. The van der Waals surface area contributed by atoms with E-state index in [1.807, 2.05) is 24.1 Å². The molecule has 0 aliphatic carbocycles. The van der Waals surface area contributed by atoms with Gasteiger partial charge in [-0.05, 0) is 49.5 Å². The molecule has 0 radical (unpaired) electrons. The van der Waals surface area contributed by atoms with Gasteiger partial charge in [-0.2, -0.15) is 0 Å². The number of piperidine rings is 1. The lowest BCUT2D eigenvalue weighted by Crippen LogP contribution is -2.42. The molecule has 2 amide bonds. The van der Waals surface area contributed by atoms with Crippen molar-refractivity contribution in [3.63, 3.8) is 0 Å². The molecule has 3 rings (SSSR count). The first-order chi connectivity index (χ1) is 11.5. The quantitative estimate of drug-likeness (QED) is 0.725. The summed E-state index contributed by atoms with van der Waals surface area (Å²) >= 11 is 0. The van der Waals surface area contributed by atoms with E-state index in [-0.39, 0.29) is 42.0 Å². The molecule has 0 atom stereocenters. The third-order valence-corrected chi connectivity index (χ3v) is 5.10. The molecule has 2 aliphatic heterocycles. The highest BCUT2D eigenvalue weighted by molar-refractivity contribution is 6.00. The van der Waals surface area contributed by atoms with Crippen LogP contribution in [0.15, 0.2) is 18.2 Å². The molecular formula is C18H28Cl2N4O2. The van der Waals surface area contributed by atoms with Crippen molar-refractivity contribution >= 4 is 48.0 Å². The number of nitrogens with zero attached hydrogens (tertiary/aromatic N) is 1. The fraction of sp³-hybridized carbons (Fsp3) is 0.556. The van der Waals surface area contributed by atoms with E-state index >= 15 is 0 Å². The monoisotopic (exact) mass is 402 g/mol. The molecule has 6 nitrogen and oxygen atoms in total. The largest absolute Gasteiger partial charge is 0.372 e. The van der Waals surface area contributed by atoms with Gasteiger partial charge in [0.1, 0.15) is 0 Å². The lowest BCUT2D eigenvalue weighted by Gasteiger charge is -2.34. The molecule has 2 aliphatic rings. The van der Waals surface area contributed by atoms with E-state index in [2.05, 4.69) is 22.9 Å². The van der Waals surface area contributed by atoms with Crippen molar-refractivity contribution in [2.75, 3.05) is 43.4 Å². The molecule has 0 saturated carbocycles. The van der Waals surface area contributed by atoms with Crippen molar-refractivity contribution in [3.05, 3.63) is 23.8 Å². The molecule has 1 saturated heterocycles. The lowest BCUT2D eigenvalue weighted by atomic mass is 9.81. The number of carbonyl (C=O) groups is 2. The zero-order chi connectivity index (χ0) is 17.2. The second-order valence-corrected chi connectivity index (χ2v) is 7.19. The van der Waals surface area contributed by atoms with Gasteiger partial charge < -0.3 is 20.9 Å².